The molecule has 21 heteroatoms. The van der Waals surface area contributed by atoms with Gasteiger partial charge in [-0.2, -0.15) is 15.1 Å². The molecule has 8 aromatic rings. The molecule has 2 amide bonds. The molecule has 1 saturated carbocycles. The highest BCUT2D eigenvalue weighted by Gasteiger charge is 2.43. The van der Waals surface area contributed by atoms with Crippen LogP contribution in [-0.4, -0.2) is 138 Å². The van der Waals surface area contributed by atoms with Crippen molar-refractivity contribution < 1.29 is 38.4 Å². The minimum Gasteiger partial charge on any atom is -0.486 e. The van der Waals surface area contributed by atoms with E-state index in [0.717, 1.165) is 100 Å². The Balaban J connectivity index is 0.823. The molecule has 4 aromatic carbocycles. The maximum atomic E-state index is 16.1. The molecular formula is C60H67FN12O7S. The molecule has 12 rings (SSSR count). The largest absolute Gasteiger partial charge is 0.486 e. The number of carbonyl (C=O) groups excluding carboxylic acids is 2. The SMILES string of the molecule is Cc1ncsc1-c1ccc([C@H](CO)NC(=O)[C@@H]2C[C@@H](O)CN2C(=O)[C@H](C(C)C)n2cc(-c3ccc(COc4c(-c5c(C)c(F)cc6[nH]ncc56)c(C5CC5)cc5c(N(C)[C@H]6CCNC6)nc(OC[C@H]6CCCO6)nc45)cc3)nn2)cc1. The summed E-state index contributed by atoms with van der Waals surface area (Å²) >= 11 is 1.54. The summed E-state index contributed by atoms with van der Waals surface area (Å²) in [7, 11) is 2.07. The van der Waals surface area contributed by atoms with Crippen molar-refractivity contribution in [1.29, 1.82) is 0 Å². The molecule has 7 heterocycles. The van der Waals surface area contributed by atoms with Gasteiger partial charge >= 0.3 is 6.01 Å². The van der Waals surface area contributed by atoms with Crippen LogP contribution in [0.2, 0.25) is 0 Å². The lowest BCUT2D eigenvalue weighted by atomic mass is 9.88. The third kappa shape index (κ3) is 10.8. The second kappa shape index (κ2) is 22.8. The number of hydrogen-bond acceptors (Lipinski definition) is 16. The lowest BCUT2D eigenvalue weighted by molar-refractivity contribution is -0.142. The Kier molecular flexibility index (Phi) is 15.3. The number of nitrogens with one attached hydrogen (secondary N) is 3. The van der Waals surface area contributed by atoms with E-state index >= 15 is 4.39 Å². The molecule has 0 spiro atoms. The highest BCUT2D eigenvalue weighted by atomic mass is 32.1. The van der Waals surface area contributed by atoms with Crippen molar-refractivity contribution in [3.63, 3.8) is 0 Å². The Morgan fingerprint density at radius 3 is 2.51 bits per heavy atom. The standard InChI is InChI=1S/C60H67FN12O7S/c1-32(2)54(59(77)72-26-41(75)21-50(72)58(76)65-49(28-74)38-14-16-39(17-15-38)56-34(4)63-31-81-56)73-27-48(69-70-73)37-10-8-35(9-11-37)29-79-55-52(51-33(3)46(61)23-47-45(51)25-64-68-47)43(36-12-13-36)22-44-53(55)66-60(80-30-42-7-6-20-78-42)67-57(44)71(5)40-18-19-62-24-40/h8-11,14-17,22-23,25,27,31-32,36,40-42,49-50,54,62,74-75H,6-7,12-13,18-21,24,26,28-30H2,1-5H3,(H,64,68)(H,65,76)/t40-,41+,42+,49-,50-,54-/m0/s1. The van der Waals surface area contributed by atoms with Crippen molar-refractivity contribution in [2.75, 3.05) is 51.4 Å². The number of ether oxygens (including phenoxy) is 3. The smallest absolute Gasteiger partial charge is 0.319 e. The summed E-state index contributed by atoms with van der Waals surface area (Å²) in [5.41, 5.74) is 10.6. The zero-order chi connectivity index (χ0) is 56.1. The lowest BCUT2D eigenvalue weighted by Crippen LogP contribution is -2.50. The number of H-pyrrole nitrogens is 1. The molecule has 19 nitrogen and oxygen atoms in total. The third-order valence-corrected chi connectivity index (χ3v) is 17.5. The number of thiazole rings is 1. The molecular weight excluding hydrogens is 1050 g/mol. The first-order chi connectivity index (χ1) is 39.3. The maximum absolute atomic E-state index is 16.1. The zero-order valence-corrected chi connectivity index (χ0v) is 46.9. The predicted octanol–water partition coefficient (Wildman–Crippen LogP) is 8.13. The molecule has 5 N–H and O–H groups in total. The first-order valence-electron chi connectivity index (χ1n) is 28.0. The highest BCUT2D eigenvalue weighted by Crippen LogP contribution is 2.53. The van der Waals surface area contributed by atoms with Gasteiger partial charge in [0.05, 0.1) is 58.8 Å². The number of rotatable bonds is 19. The summed E-state index contributed by atoms with van der Waals surface area (Å²) < 4.78 is 37.1. The number of hydrogen-bond donors (Lipinski definition) is 5. The number of nitrogens with zero attached hydrogens (tertiary/aromatic N) is 9. The number of halogens is 1. The molecule has 422 valence electrons. The monoisotopic (exact) mass is 1120 g/mol. The number of β-amino-alcohol motifs (C(OH)–C–C–N with tert-alkyl or cyclic N) is 1. The molecule has 0 unspecified atom stereocenters. The van der Waals surface area contributed by atoms with Crippen molar-refractivity contribution >= 4 is 50.8 Å². The fourth-order valence-corrected chi connectivity index (χ4v) is 12.7. The number of likely N-dealkylation sites (N-methyl/N-ethyl adjacent to an activating group) is 1. The fraction of sp³-hybridized carbons (Fsp3) is 0.433. The van der Waals surface area contributed by atoms with Gasteiger partial charge in [0.25, 0.3) is 0 Å². The highest BCUT2D eigenvalue weighted by molar-refractivity contribution is 7.13. The number of likely N-dealkylation sites (tertiary alicyclic amines) is 1. The second-order valence-corrected chi connectivity index (χ2v) is 23.2. The van der Waals surface area contributed by atoms with Gasteiger partial charge in [0, 0.05) is 66.7 Å². The number of amides is 2. The van der Waals surface area contributed by atoms with Crippen LogP contribution in [0, 0.1) is 25.6 Å². The van der Waals surface area contributed by atoms with E-state index in [-0.39, 0.29) is 67.9 Å². The zero-order valence-electron chi connectivity index (χ0n) is 46.1. The van der Waals surface area contributed by atoms with Crippen LogP contribution in [0.5, 0.6) is 11.8 Å². The number of aryl methyl sites for hydroxylation is 1. The summed E-state index contributed by atoms with van der Waals surface area (Å²) in [5.74, 6) is -0.0544. The van der Waals surface area contributed by atoms with Crippen LogP contribution < -0.4 is 25.0 Å². The van der Waals surface area contributed by atoms with E-state index in [2.05, 4.69) is 54.1 Å². The normalized spacial score (nSPS) is 19.9. The number of carbonyl (C=O) groups is 2. The van der Waals surface area contributed by atoms with E-state index in [1.807, 2.05) is 69.3 Å². The Labute approximate surface area is 472 Å². The number of aliphatic hydroxyl groups excluding tert-OH is 2. The first kappa shape index (κ1) is 54.2. The fourth-order valence-electron chi connectivity index (χ4n) is 11.8. The third-order valence-electron chi connectivity index (χ3n) is 16.5. The summed E-state index contributed by atoms with van der Waals surface area (Å²) in [6.45, 7) is 9.96. The van der Waals surface area contributed by atoms with Crippen molar-refractivity contribution in [3.05, 3.63) is 112 Å². The average Bonchev–Trinajstić information content (AvgIpc) is 4.30. The van der Waals surface area contributed by atoms with Gasteiger partial charge in [0.15, 0.2) is 5.75 Å². The molecule has 0 radical (unpaired) electrons. The van der Waals surface area contributed by atoms with Crippen molar-refractivity contribution in [3.8, 4) is 44.6 Å². The maximum Gasteiger partial charge on any atom is 0.319 e. The Hall–Kier alpha value is -7.43. The Bertz CT molecular complexity index is 3590. The molecule has 3 saturated heterocycles. The lowest BCUT2D eigenvalue weighted by Gasteiger charge is -2.30. The summed E-state index contributed by atoms with van der Waals surface area (Å²) in [5, 5.41) is 45.7. The topological polar surface area (TPSA) is 231 Å². The number of aliphatic hydroxyl groups is 2. The Morgan fingerprint density at radius 1 is 1.00 bits per heavy atom. The minimum atomic E-state index is -0.980. The van der Waals surface area contributed by atoms with E-state index in [1.165, 1.54) is 15.6 Å². The number of aromatic amines is 1. The Morgan fingerprint density at radius 2 is 1.80 bits per heavy atom. The van der Waals surface area contributed by atoms with Crippen LogP contribution >= 0.6 is 11.3 Å². The van der Waals surface area contributed by atoms with Gasteiger partial charge in [-0.1, -0.05) is 67.6 Å². The number of aromatic nitrogens is 8. The summed E-state index contributed by atoms with van der Waals surface area (Å²) in [6, 6.07) is 16.9. The molecule has 6 atom stereocenters. The van der Waals surface area contributed by atoms with Gasteiger partial charge < -0.3 is 44.9 Å². The van der Waals surface area contributed by atoms with E-state index in [1.54, 1.807) is 36.2 Å². The van der Waals surface area contributed by atoms with E-state index < -0.39 is 30.1 Å². The van der Waals surface area contributed by atoms with Gasteiger partial charge in [0.2, 0.25) is 11.8 Å². The summed E-state index contributed by atoms with van der Waals surface area (Å²) in [6.07, 6.45) is 7.25. The van der Waals surface area contributed by atoms with Gasteiger partial charge in [-0.15, -0.1) is 16.4 Å². The van der Waals surface area contributed by atoms with Crippen LogP contribution in [0.4, 0.5) is 10.2 Å². The van der Waals surface area contributed by atoms with Crippen LogP contribution in [0.15, 0.2) is 78.6 Å². The molecule has 1 aliphatic carbocycles. The van der Waals surface area contributed by atoms with Crippen molar-refractivity contribution in [1.82, 2.24) is 55.7 Å². The first-order valence-corrected chi connectivity index (χ1v) is 28.9. The molecule has 81 heavy (non-hydrogen) atoms. The predicted molar refractivity (Wildman–Crippen MR) is 305 cm³/mol. The number of benzene rings is 4. The van der Waals surface area contributed by atoms with Gasteiger partial charge in [-0.25, -0.2) is 14.1 Å². The number of fused-ring (bicyclic) bond motifs is 2. The van der Waals surface area contributed by atoms with Gasteiger partial charge in [-0.3, -0.25) is 14.7 Å². The van der Waals surface area contributed by atoms with Crippen LogP contribution in [0.25, 0.3) is 54.6 Å². The molecule has 4 aliphatic rings. The van der Waals surface area contributed by atoms with Crippen LogP contribution in [0.3, 0.4) is 0 Å². The van der Waals surface area contributed by atoms with Crippen molar-refractivity contribution in [2.45, 2.75) is 115 Å². The summed E-state index contributed by atoms with van der Waals surface area (Å²) in [4.78, 5) is 47.9. The molecule has 4 aromatic heterocycles. The van der Waals surface area contributed by atoms with Crippen LogP contribution in [-0.2, 0) is 20.9 Å². The quantitative estimate of drug-likeness (QED) is 0.0515. The van der Waals surface area contributed by atoms with Crippen LogP contribution in [0.1, 0.15) is 98.3 Å². The van der Waals surface area contributed by atoms with E-state index in [9.17, 15) is 19.8 Å². The minimum absolute atomic E-state index is 0.0380. The molecule has 0 bridgehead atoms. The second-order valence-electron chi connectivity index (χ2n) is 22.4. The van der Waals surface area contributed by atoms with Crippen molar-refractivity contribution in [2.24, 2.45) is 5.92 Å². The van der Waals surface area contributed by atoms with E-state index in [0.29, 0.717) is 52.4 Å². The molecule has 4 fully saturated rings. The molecule has 3 aliphatic heterocycles. The number of anilines is 1. The average molecular weight is 1120 g/mol. The van der Waals surface area contributed by atoms with Gasteiger partial charge in [-0.05, 0) is 104 Å². The van der Waals surface area contributed by atoms with Gasteiger partial charge in [0.1, 0.15) is 48.1 Å². The van der Waals surface area contributed by atoms with E-state index in [4.69, 9.17) is 24.2 Å².